The van der Waals surface area contributed by atoms with E-state index in [4.69, 9.17) is 12.2 Å². The van der Waals surface area contributed by atoms with Gasteiger partial charge in [0.1, 0.15) is 5.57 Å². The first-order valence-electron chi connectivity index (χ1n) is 6.36. The van der Waals surface area contributed by atoms with Gasteiger partial charge < -0.3 is 4.57 Å². The van der Waals surface area contributed by atoms with Crippen molar-refractivity contribution in [3.8, 4) is 5.69 Å². The lowest BCUT2D eigenvalue weighted by Gasteiger charge is -2.16. The summed E-state index contributed by atoms with van der Waals surface area (Å²) in [7, 11) is 0. The van der Waals surface area contributed by atoms with Gasteiger partial charge in [-0.3, -0.25) is 20.2 Å². The third-order valence-electron chi connectivity index (χ3n) is 3.12. The average molecular weight is 423 g/mol. The zero-order valence-corrected chi connectivity index (χ0v) is 14.1. The fourth-order valence-electron chi connectivity index (χ4n) is 2.10. The van der Waals surface area contributed by atoms with Gasteiger partial charge in [0.05, 0.1) is 0 Å². The maximum absolute atomic E-state index is 11.9. The van der Waals surface area contributed by atoms with Gasteiger partial charge in [0, 0.05) is 21.1 Å². The largest absolute Gasteiger partial charge is 0.317 e. The van der Waals surface area contributed by atoms with Crippen molar-refractivity contribution in [2.24, 2.45) is 0 Å². The maximum Gasteiger partial charge on any atom is 0.263 e. The van der Waals surface area contributed by atoms with Crippen LogP contribution in [0.2, 0.25) is 0 Å². The van der Waals surface area contributed by atoms with Crippen molar-refractivity contribution in [1.82, 2.24) is 15.2 Å². The molecule has 0 atom stereocenters. The number of carbonyl (C=O) groups is 2. The Labute approximate surface area is 145 Å². The molecule has 3 rings (SSSR count). The normalized spacial score (nSPS) is 14.6. The van der Waals surface area contributed by atoms with Crippen LogP contribution >= 0.6 is 34.8 Å². The number of amides is 2. The number of hydrogen-bond donors (Lipinski definition) is 2. The van der Waals surface area contributed by atoms with Gasteiger partial charge >= 0.3 is 0 Å². The van der Waals surface area contributed by atoms with E-state index in [-0.39, 0.29) is 10.7 Å². The molecule has 7 heteroatoms. The van der Waals surface area contributed by atoms with E-state index in [1.54, 1.807) is 6.08 Å². The van der Waals surface area contributed by atoms with E-state index >= 15 is 0 Å². The number of carbonyl (C=O) groups excluding carboxylic acids is 2. The average Bonchev–Trinajstić information content (AvgIpc) is 2.92. The number of rotatable bonds is 2. The second kappa shape index (κ2) is 6.01. The molecule has 0 unspecified atom stereocenters. The summed E-state index contributed by atoms with van der Waals surface area (Å²) in [5.41, 5.74) is 1.71. The number of halogens is 1. The van der Waals surface area contributed by atoms with Crippen LogP contribution in [0.1, 0.15) is 5.69 Å². The molecular formula is C15H10IN3O2S. The highest BCUT2D eigenvalue weighted by Gasteiger charge is 2.26. The standard InChI is InChI=1S/C15H10IN3O2S/c16-9-3-5-10(6-4-9)19-7-1-2-11(19)8-12-13(20)17-15(22)18-14(12)21/h1-8H,(H2,17,18,20,21,22). The minimum Gasteiger partial charge on any atom is -0.317 e. The highest BCUT2D eigenvalue weighted by atomic mass is 127. The van der Waals surface area contributed by atoms with Crippen LogP contribution in [0.3, 0.4) is 0 Å². The number of thiocarbonyl (C=S) groups is 1. The Morgan fingerprint density at radius 1 is 1.05 bits per heavy atom. The SMILES string of the molecule is O=C1NC(=S)NC(=O)C1=Cc1cccn1-c1ccc(I)cc1. The van der Waals surface area contributed by atoms with E-state index in [9.17, 15) is 9.59 Å². The highest BCUT2D eigenvalue weighted by Crippen LogP contribution is 2.17. The Bertz CT molecular complexity index is 786. The predicted octanol–water partition coefficient (Wildman–Crippen LogP) is 2.00. The first kappa shape index (κ1) is 14.9. The Balaban J connectivity index is 2.00. The quantitative estimate of drug-likeness (QED) is 0.336. The Hall–Kier alpha value is -2.00. The predicted molar refractivity (Wildman–Crippen MR) is 95.3 cm³/mol. The van der Waals surface area contributed by atoms with Crippen LogP contribution in [0.5, 0.6) is 0 Å². The minimum absolute atomic E-state index is 0.0269. The van der Waals surface area contributed by atoms with Crippen molar-refractivity contribution >= 4 is 57.8 Å². The van der Waals surface area contributed by atoms with E-state index in [1.165, 1.54) is 0 Å². The van der Waals surface area contributed by atoms with E-state index in [2.05, 4.69) is 33.2 Å². The van der Waals surface area contributed by atoms with Gasteiger partial charge in [-0.1, -0.05) is 0 Å². The van der Waals surface area contributed by atoms with Crippen LogP contribution in [0.15, 0.2) is 48.2 Å². The fraction of sp³-hybridized carbons (Fsp3) is 0. The minimum atomic E-state index is -0.496. The molecule has 2 N–H and O–H groups in total. The summed E-state index contributed by atoms with van der Waals surface area (Å²) in [5.74, 6) is -0.992. The van der Waals surface area contributed by atoms with Crippen molar-refractivity contribution in [1.29, 1.82) is 0 Å². The summed E-state index contributed by atoms with van der Waals surface area (Å²) in [6, 6.07) is 11.6. The van der Waals surface area contributed by atoms with Gasteiger partial charge in [0.15, 0.2) is 5.11 Å². The number of nitrogens with zero attached hydrogens (tertiary/aromatic N) is 1. The molecule has 1 aliphatic rings. The third-order valence-corrected chi connectivity index (χ3v) is 4.04. The fourth-order valence-corrected chi connectivity index (χ4v) is 2.65. The Morgan fingerprint density at radius 2 is 1.68 bits per heavy atom. The van der Waals surface area contributed by atoms with Gasteiger partial charge in [0.2, 0.25) is 0 Å². The molecule has 0 bridgehead atoms. The van der Waals surface area contributed by atoms with Crippen LogP contribution in [0.4, 0.5) is 0 Å². The molecule has 22 heavy (non-hydrogen) atoms. The molecule has 1 aliphatic heterocycles. The number of aromatic nitrogens is 1. The summed E-state index contributed by atoms with van der Waals surface area (Å²) in [6.45, 7) is 0. The summed E-state index contributed by atoms with van der Waals surface area (Å²) >= 11 is 7.01. The molecule has 2 heterocycles. The zero-order valence-electron chi connectivity index (χ0n) is 11.2. The van der Waals surface area contributed by atoms with Crippen molar-refractivity contribution in [3.05, 3.63) is 57.4 Å². The van der Waals surface area contributed by atoms with Crippen molar-refractivity contribution in [3.63, 3.8) is 0 Å². The van der Waals surface area contributed by atoms with Gasteiger partial charge in [-0.15, -0.1) is 0 Å². The van der Waals surface area contributed by atoms with Crippen LogP contribution < -0.4 is 10.6 Å². The first-order chi connectivity index (χ1) is 10.5. The van der Waals surface area contributed by atoms with E-state index in [0.717, 1.165) is 15.0 Å². The van der Waals surface area contributed by atoms with Gasteiger partial charge in [-0.2, -0.15) is 0 Å². The number of hydrogen-bond acceptors (Lipinski definition) is 3. The van der Waals surface area contributed by atoms with Crippen molar-refractivity contribution in [2.45, 2.75) is 0 Å². The smallest absolute Gasteiger partial charge is 0.263 e. The van der Waals surface area contributed by atoms with Gasteiger partial charge in [-0.05, 0) is 77.3 Å². The lowest BCUT2D eigenvalue weighted by molar-refractivity contribution is -0.123. The van der Waals surface area contributed by atoms with Crippen LogP contribution in [0, 0.1) is 3.57 Å². The topological polar surface area (TPSA) is 63.1 Å². The van der Waals surface area contributed by atoms with E-state index in [1.807, 2.05) is 47.2 Å². The molecule has 110 valence electrons. The molecule has 1 fully saturated rings. The molecule has 1 aromatic carbocycles. The molecule has 2 amide bonds. The van der Waals surface area contributed by atoms with Crippen molar-refractivity contribution in [2.75, 3.05) is 0 Å². The zero-order chi connectivity index (χ0) is 15.7. The third kappa shape index (κ3) is 2.95. The second-order valence-corrected chi connectivity index (χ2v) is 6.23. The lowest BCUT2D eigenvalue weighted by atomic mass is 10.1. The Morgan fingerprint density at radius 3 is 2.32 bits per heavy atom. The lowest BCUT2D eigenvalue weighted by Crippen LogP contribution is -2.51. The molecule has 1 saturated heterocycles. The first-order valence-corrected chi connectivity index (χ1v) is 7.85. The summed E-state index contributed by atoms with van der Waals surface area (Å²) in [5, 5.41) is 4.87. The van der Waals surface area contributed by atoms with Crippen LogP contribution in [-0.2, 0) is 9.59 Å². The number of nitrogens with one attached hydrogen (secondary N) is 2. The maximum atomic E-state index is 11.9. The second-order valence-electron chi connectivity index (χ2n) is 4.57. The Kier molecular flexibility index (Phi) is 4.08. The number of benzene rings is 1. The molecular weight excluding hydrogens is 413 g/mol. The van der Waals surface area contributed by atoms with E-state index in [0.29, 0.717) is 0 Å². The van der Waals surface area contributed by atoms with Crippen molar-refractivity contribution < 1.29 is 9.59 Å². The molecule has 0 aliphatic carbocycles. The van der Waals surface area contributed by atoms with Gasteiger partial charge in [-0.25, -0.2) is 0 Å². The summed E-state index contributed by atoms with van der Waals surface area (Å²) in [6.07, 6.45) is 3.42. The monoisotopic (exact) mass is 423 g/mol. The van der Waals surface area contributed by atoms with Gasteiger partial charge in [0.25, 0.3) is 11.8 Å². The molecule has 0 radical (unpaired) electrons. The molecule has 5 nitrogen and oxygen atoms in total. The molecule has 0 spiro atoms. The molecule has 2 aromatic rings. The van der Waals surface area contributed by atoms with Crippen LogP contribution in [-0.4, -0.2) is 21.5 Å². The van der Waals surface area contributed by atoms with E-state index < -0.39 is 11.8 Å². The summed E-state index contributed by atoms with van der Waals surface area (Å²) < 4.78 is 3.03. The highest BCUT2D eigenvalue weighted by molar-refractivity contribution is 14.1. The molecule has 1 aromatic heterocycles. The summed E-state index contributed by atoms with van der Waals surface area (Å²) in [4.78, 5) is 23.8. The van der Waals surface area contributed by atoms with Crippen LogP contribution in [0.25, 0.3) is 11.8 Å². The molecule has 0 saturated carbocycles.